The number of amides is 1. The van der Waals surface area contributed by atoms with Gasteiger partial charge in [-0.15, -0.1) is 0 Å². The molecule has 0 bridgehead atoms. The van der Waals surface area contributed by atoms with Crippen molar-refractivity contribution in [1.29, 1.82) is 0 Å². The van der Waals surface area contributed by atoms with E-state index in [0.717, 1.165) is 11.1 Å². The van der Waals surface area contributed by atoms with E-state index in [1.165, 1.54) is 13.2 Å². The Bertz CT molecular complexity index is 432. The van der Waals surface area contributed by atoms with Crippen LogP contribution in [0, 0.1) is 6.92 Å². The van der Waals surface area contributed by atoms with Crippen LogP contribution in [0.15, 0.2) is 29.8 Å². The van der Waals surface area contributed by atoms with Crippen molar-refractivity contribution in [3.63, 3.8) is 0 Å². The fourth-order valence-electron chi connectivity index (χ4n) is 1.17. The molecule has 84 valence electrons. The third kappa shape index (κ3) is 2.95. The molecule has 4 heteroatoms. The Morgan fingerprint density at radius 2 is 1.81 bits per heavy atom. The summed E-state index contributed by atoms with van der Waals surface area (Å²) in [5, 5.41) is 0. The molecule has 2 N–H and O–H groups in total. The molecule has 0 heterocycles. The van der Waals surface area contributed by atoms with Crippen LogP contribution in [0.1, 0.15) is 11.1 Å². The van der Waals surface area contributed by atoms with Gasteiger partial charge in [-0.2, -0.15) is 0 Å². The standard InChI is InChI=1S/C12H13NO3/c1-8-3-5-9(6-4-8)7-10(11(13)14)12(15)16-2/h3-7H,1-2H3,(H2,13,14)/b10-7-. The minimum Gasteiger partial charge on any atom is -0.465 e. The number of aryl methyl sites for hydroxylation is 1. The second-order valence-corrected chi connectivity index (χ2v) is 3.32. The number of methoxy groups -OCH3 is 1. The Balaban J connectivity index is 3.07. The van der Waals surface area contributed by atoms with Gasteiger partial charge in [0.25, 0.3) is 5.91 Å². The van der Waals surface area contributed by atoms with Gasteiger partial charge in [-0.25, -0.2) is 4.79 Å². The second-order valence-electron chi connectivity index (χ2n) is 3.32. The zero-order chi connectivity index (χ0) is 12.1. The lowest BCUT2D eigenvalue weighted by Gasteiger charge is -2.01. The molecule has 0 aromatic heterocycles. The van der Waals surface area contributed by atoms with E-state index in [-0.39, 0.29) is 5.57 Å². The van der Waals surface area contributed by atoms with Crippen molar-refractivity contribution in [2.24, 2.45) is 5.73 Å². The predicted molar refractivity (Wildman–Crippen MR) is 60.4 cm³/mol. The third-order valence-electron chi connectivity index (χ3n) is 2.06. The second kappa shape index (κ2) is 5.11. The highest BCUT2D eigenvalue weighted by atomic mass is 16.5. The quantitative estimate of drug-likeness (QED) is 0.357. The predicted octanol–water partition coefficient (Wildman–Crippen LogP) is 1.04. The van der Waals surface area contributed by atoms with Crippen molar-refractivity contribution in [2.75, 3.05) is 7.11 Å². The summed E-state index contributed by atoms with van der Waals surface area (Å²) >= 11 is 0. The molecule has 0 spiro atoms. The van der Waals surface area contributed by atoms with Crippen molar-refractivity contribution in [3.8, 4) is 0 Å². The average molecular weight is 219 g/mol. The van der Waals surface area contributed by atoms with Crippen molar-refractivity contribution in [3.05, 3.63) is 41.0 Å². The van der Waals surface area contributed by atoms with Gasteiger partial charge in [0.2, 0.25) is 0 Å². The Labute approximate surface area is 93.7 Å². The molecular formula is C12H13NO3. The normalized spacial score (nSPS) is 11.0. The molecule has 1 aromatic rings. The first-order valence-electron chi connectivity index (χ1n) is 4.71. The summed E-state index contributed by atoms with van der Waals surface area (Å²) in [5.74, 6) is -1.53. The molecule has 0 aliphatic carbocycles. The van der Waals surface area contributed by atoms with E-state index in [0.29, 0.717) is 0 Å². The largest absolute Gasteiger partial charge is 0.465 e. The molecule has 0 atom stereocenters. The van der Waals surface area contributed by atoms with Crippen LogP contribution in [-0.4, -0.2) is 19.0 Å². The SMILES string of the molecule is COC(=O)/C(=C\c1ccc(C)cc1)C(N)=O. The lowest BCUT2D eigenvalue weighted by Crippen LogP contribution is -2.21. The van der Waals surface area contributed by atoms with Crippen LogP contribution in [0.5, 0.6) is 0 Å². The van der Waals surface area contributed by atoms with Gasteiger partial charge in [-0.05, 0) is 18.6 Å². The summed E-state index contributed by atoms with van der Waals surface area (Å²) in [4.78, 5) is 22.3. The number of esters is 1. The van der Waals surface area contributed by atoms with Crippen molar-refractivity contribution in [1.82, 2.24) is 0 Å². The molecule has 0 saturated heterocycles. The van der Waals surface area contributed by atoms with E-state index in [2.05, 4.69) is 4.74 Å². The van der Waals surface area contributed by atoms with Crippen molar-refractivity contribution >= 4 is 18.0 Å². The van der Waals surface area contributed by atoms with Gasteiger partial charge in [0.05, 0.1) is 7.11 Å². The number of carbonyl (C=O) groups is 2. The lowest BCUT2D eigenvalue weighted by molar-refractivity contribution is -0.137. The molecule has 4 nitrogen and oxygen atoms in total. The lowest BCUT2D eigenvalue weighted by atomic mass is 10.1. The minimum absolute atomic E-state index is 0.161. The highest BCUT2D eigenvalue weighted by Crippen LogP contribution is 2.09. The smallest absolute Gasteiger partial charge is 0.343 e. The Kier molecular flexibility index (Phi) is 3.83. The average Bonchev–Trinajstić information content (AvgIpc) is 2.27. The van der Waals surface area contributed by atoms with Crippen molar-refractivity contribution in [2.45, 2.75) is 6.92 Å². The number of carbonyl (C=O) groups excluding carboxylic acids is 2. The van der Waals surface area contributed by atoms with E-state index in [9.17, 15) is 9.59 Å². The summed E-state index contributed by atoms with van der Waals surface area (Å²) in [6.07, 6.45) is 1.41. The molecule has 0 radical (unpaired) electrons. The molecule has 1 rings (SSSR count). The minimum atomic E-state index is -0.799. The third-order valence-corrected chi connectivity index (χ3v) is 2.06. The summed E-state index contributed by atoms with van der Waals surface area (Å²) in [7, 11) is 1.20. The van der Waals surface area contributed by atoms with Gasteiger partial charge in [0.1, 0.15) is 5.57 Å². The van der Waals surface area contributed by atoms with Crippen LogP contribution in [0.2, 0.25) is 0 Å². The number of benzene rings is 1. The molecule has 0 aliphatic rings. The van der Waals surface area contributed by atoms with Crippen LogP contribution in [0.4, 0.5) is 0 Å². The van der Waals surface area contributed by atoms with Gasteiger partial charge in [-0.3, -0.25) is 4.79 Å². The van der Waals surface area contributed by atoms with Crippen LogP contribution >= 0.6 is 0 Å². The fourth-order valence-corrected chi connectivity index (χ4v) is 1.17. The van der Waals surface area contributed by atoms with E-state index in [1.807, 2.05) is 19.1 Å². The van der Waals surface area contributed by atoms with Crippen molar-refractivity contribution < 1.29 is 14.3 Å². The zero-order valence-electron chi connectivity index (χ0n) is 9.19. The number of rotatable bonds is 3. The topological polar surface area (TPSA) is 69.4 Å². The monoisotopic (exact) mass is 219 g/mol. The molecule has 0 aliphatic heterocycles. The molecule has 0 saturated carbocycles. The van der Waals surface area contributed by atoms with Gasteiger partial charge < -0.3 is 10.5 Å². The zero-order valence-corrected chi connectivity index (χ0v) is 9.19. The van der Waals surface area contributed by atoms with Crippen LogP contribution in [-0.2, 0) is 14.3 Å². The highest BCUT2D eigenvalue weighted by Gasteiger charge is 2.15. The van der Waals surface area contributed by atoms with E-state index >= 15 is 0 Å². The van der Waals surface area contributed by atoms with E-state index in [1.54, 1.807) is 12.1 Å². The van der Waals surface area contributed by atoms with Gasteiger partial charge in [0.15, 0.2) is 0 Å². The maximum atomic E-state index is 11.2. The Morgan fingerprint density at radius 3 is 2.25 bits per heavy atom. The highest BCUT2D eigenvalue weighted by molar-refractivity contribution is 6.19. The molecule has 1 aromatic carbocycles. The summed E-state index contributed by atoms with van der Waals surface area (Å²) in [6.45, 7) is 1.95. The van der Waals surface area contributed by atoms with Crippen LogP contribution in [0.25, 0.3) is 6.08 Å². The fraction of sp³-hybridized carbons (Fsp3) is 0.167. The molecule has 1 amide bonds. The summed E-state index contributed by atoms with van der Waals surface area (Å²) < 4.78 is 4.46. The first-order valence-corrected chi connectivity index (χ1v) is 4.71. The van der Waals surface area contributed by atoms with Crippen LogP contribution in [0.3, 0.4) is 0 Å². The first-order chi connectivity index (χ1) is 7.54. The number of ether oxygens (including phenoxy) is 1. The Hall–Kier alpha value is -2.10. The molecule has 0 fully saturated rings. The van der Waals surface area contributed by atoms with Gasteiger partial charge in [0, 0.05) is 0 Å². The van der Waals surface area contributed by atoms with Crippen LogP contribution < -0.4 is 5.73 Å². The number of hydrogen-bond acceptors (Lipinski definition) is 3. The maximum Gasteiger partial charge on any atom is 0.343 e. The number of primary amides is 1. The number of nitrogens with two attached hydrogens (primary N) is 1. The van der Waals surface area contributed by atoms with Gasteiger partial charge in [-0.1, -0.05) is 29.8 Å². The molecule has 0 unspecified atom stereocenters. The number of hydrogen-bond donors (Lipinski definition) is 1. The van der Waals surface area contributed by atoms with Gasteiger partial charge >= 0.3 is 5.97 Å². The summed E-state index contributed by atoms with van der Waals surface area (Å²) in [6, 6.07) is 7.34. The van der Waals surface area contributed by atoms with E-state index < -0.39 is 11.9 Å². The first kappa shape index (κ1) is 12.0. The summed E-state index contributed by atoms with van der Waals surface area (Å²) in [5.41, 5.74) is 6.74. The molecular weight excluding hydrogens is 206 g/mol. The van der Waals surface area contributed by atoms with E-state index in [4.69, 9.17) is 5.73 Å². The maximum absolute atomic E-state index is 11.2. The molecule has 16 heavy (non-hydrogen) atoms. The Morgan fingerprint density at radius 1 is 1.25 bits per heavy atom.